The van der Waals surface area contributed by atoms with Crippen LogP contribution in [-0.2, 0) is 5.67 Å². The van der Waals surface area contributed by atoms with E-state index in [9.17, 15) is 4.39 Å². The van der Waals surface area contributed by atoms with Gasteiger partial charge in [0.15, 0.2) is 17.3 Å². The highest BCUT2D eigenvalue weighted by molar-refractivity contribution is 5.06. The largest absolute Gasteiger partial charge is 0.442 e. The van der Waals surface area contributed by atoms with Crippen molar-refractivity contribution in [3.8, 4) is 0 Å². The van der Waals surface area contributed by atoms with E-state index in [1.165, 1.54) is 20.0 Å². The van der Waals surface area contributed by atoms with Crippen LogP contribution in [0.1, 0.15) is 37.8 Å². The third-order valence-corrected chi connectivity index (χ3v) is 2.52. The smallest absolute Gasteiger partial charge is 0.198 e. The number of hydrogen-bond donors (Lipinski definition) is 1. The maximum absolute atomic E-state index is 13.5. The first-order valence-corrected chi connectivity index (χ1v) is 4.93. The zero-order valence-electron chi connectivity index (χ0n) is 8.51. The molecule has 0 radical (unpaired) electrons. The lowest BCUT2D eigenvalue weighted by Crippen LogP contribution is -2.08. The standard InChI is InChI=1S/C10H15FN2O/c1-10(2,11)8-6-13-9(14-8)7-3-4-12-5-7/h6-7,12H,3-5H2,1-2H3. The molecule has 1 fully saturated rings. The van der Waals surface area contributed by atoms with Crippen molar-refractivity contribution >= 4 is 0 Å². The fraction of sp³-hybridized carbons (Fsp3) is 0.700. The molecule has 1 unspecified atom stereocenters. The van der Waals surface area contributed by atoms with Crippen LogP contribution in [0, 0.1) is 0 Å². The lowest BCUT2D eigenvalue weighted by Gasteiger charge is -2.09. The molecule has 0 aromatic carbocycles. The van der Waals surface area contributed by atoms with Crippen LogP contribution in [0.15, 0.2) is 10.6 Å². The third-order valence-electron chi connectivity index (χ3n) is 2.52. The highest BCUT2D eigenvalue weighted by atomic mass is 19.1. The quantitative estimate of drug-likeness (QED) is 0.789. The van der Waals surface area contributed by atoms with E-state index in [4.69, 9.17) is 4.42 Å². The van der Waals surface area contributed by atoms with Gasteiger partial charge in [-0.3, -0.25) is 0 Å². The Morgan fingerprint density at radius 2 is 2.43 bits per heavy atom. The first-order chi connectivity index (χ1) is 6.57. The summed E-state index contributed by atoms with van der Waals surface area (Å²) in [5.41, 5.74) is -1.43. The number of alkyl halides is 1. The van der Waals surface area contributed by atoms with Crippen LogP contribution >= 0.6 is 0 Å². The Hall–Kier alpha value is -0.900. The van der Waals surface area contributed by atoms with Crippen LogP contribution in [0.25, 0.3) is 0 Å². The van der Waals surface area contributed by atoms with Gasteiger partial charge < -0.3 is 9.73 Å². The van der Waals surface area contributed by atoms with Crippen LogP contribution in [0.3, 0.4) is 0 Å². The van der Waals surface area contributed by atoms with Crippen molar-refractivity contribution in [3.63, 3.8) is 0 Å². The van der Waals surface area contributed by atoms with E-state index in [1.54, 1.807) is 0 Å². The zero-order chi connectivity index (χ0) is 10.2. The second-order valence-electron chi connectivity index (χ2n) is 4.22. The molecule has 2 heterocycles. The monoisotopic (exact) mass is 198 g/mol. The molecular formula is C10H15FN2O. The third kappa shape index (κ3) is 1.80. The number of nitrogens with zero attached hydrogens (tertiary/aromatic N) is 1. The van der Waals surface area contributed by atoms with Crippen molar-refractivity contribution in [2.45, 2.75) is 31.9 Å². The Morgan fingerprint density at radius 1 is 1.64 bits per heavy atom. The topological polar surface area (TPSA) is 38.1 Å². The predicted octanol–water partition coefficient (Wildman–Crippen LogP) is 1.96. The van der Waals surface area contributed by atoms with Crippen LogP contribution in [0.2, 0.25) is 0 Å². The summed E-state index contributed by atoms with van der Waals surface area (Å²) in [7, 11) is 0. The van der Waals surface area contributed by atoms with Crippen molar-refractivity contribution in [1.29, 1.82) is 0 Å². The Bertz CT molecular complexity index is 310. The van der Waals surface area contributed by atoms with Crippen LogP contribution in [0.5, 0.6) is 0 Å². The Labute approximate surface area is 82.7 Å². The van der Waals surface area contributed by atoms with Gasteiger partial charge in [-0.2, -0.15) is 0 Å². The molecule has 78 valence electrons. The van der Waals surface area contributed by atoms with Crippen molar-refractivity contribution in [1.82, 2.24) is 10.3 Å². The number of halogens is 1. The first-order valence-electron chi connectivity index (χ1n) is 4.93. The summed E-state index contributed by atoms with van der Waals surface area (Å²) in [5, 5.41) is 3.23. The zero-order valence-corrected chi connectivity index (χ0v) is 8.51. The lowest BCUT2D eigenvalue weighted by molar-refractivity contribution is 0.174. The molecule has 0 amide bonds. The number of rotatable bonds is 2. The van der Waals surface area contributed by atoms with Crippen LogP contribution < -0.4 is 5.32 Å². The molecule has 0 spiro atoms. The molecule has 1 aliphatic rings. The van der Waals surface area contributed by atoms with Crippen molar-refractivity contribution < 1.29 is 8.81 Å². The van der Waals surface area contributed by atoms with Gasteiger partial charge in [-0.05, 0) is 26.8 Å². The predicted molar refractivity (Wildman–Crippen MR) is 50.9 cm³/mol. The summed E-state index contributed by atoms with van der Waals surface area (Å²) >= 11 is 0. The molecule has 3 nitrogen and oxygen atoms in total. The number of hydrogen-bond acceptors (Lipinski definition) is 3. The molecule has 1 atom stereocenters. The number of aromatic nitrogens is 1. The molecule has 1 N–H and O–H groups in total. The summed E-state index contributed by atoms with van der Waals surface area (Å²) in [6.07, 6.45) is 2.51. The molecule has 2 rings (SSSR count). The van der Waals surface area contributed by atoms with Gasteiger partial charge in [0, 0.05) is 12.5 Å². The molecule has 0 bridgehead atoms. The Balaban J connectivity index is 2.17. The van der Waals surface area contributed by atoms with Crippen LogP contribution in [0.4, 0.5) is 4.39 Å². The molecule has 4 heteroatoms. The van der Waals surface area contributed by atoms with Gasteiger partial charge in [-0.1, -0.05) is 0 Å². The molecule has 0 aliphatic carbocycles. The number of nitrogens with one attached hydrogen (secondary N) is 1. The van der Waals surface area contributed by atoms with Gasteiger partial charge in [0.25, 0.3) is 0 Å². The highest BCUT2D eigenvalue weighted by Gasteiger charge is 2.27. The summed E-state index contributed by atoms with van der Waals surface area (Å²) in [6, 6.07) is 0. The fourth-order valence-electron chi connectivity index (χ4n) is 1.62. The maximum atomic E-state index is 13.5. The Morgan fingerprint density at radius 3 is 2.93 bits per heavy atom. The number of oxazole rings is 1. The summed E-state index contributed by atoms with van der Waals surface area (Å²) in [4.78, 5) is 4.12. The lowest BCUT2D eigenvalue weighted by atomic mass is 10.1. The van der Waals surface area contributed by atoms with Gasteiger partial charge >= 0.3 is 0 Å². The summed E-state index contributed by atoms with van der Waals surface area (Å²) in [6.45, 7) is 4.82. The molecule has 1 aromatic rings. The normalized spacial score (nSPS) is 22.9. The minimum absolute atomic E-state index is 0.311. The molecule has 1 aliphatic heterocycles. The second-order valence-corrected chi connectivity index (χ2v) is 4.22. The minimum Gasteiger partial charge on any atom is -0.442 e. The summed E-state index contributed by atoms with van der Waals surface area (Å²) in [5.74, 6) is 1.29. The van der Waals surface area contributed by atoms with Gasteiger partial charge in [0.1, 0.15) is 0 Å². The van der Waals surface area contributed by atoms with Crippen LogP contribution in [-0.4, -0.2) is 18.1 Å². The van der Waals surface area contributed by atoms with Crippen molar-refractivity contribution in [2.24, 2.45) is 0 Å². The van der Waals surface area contributed by atoms with E-state index in [1.807, 2.05) is 0 Å². The van der Waals surface area contributed by atoms with E-state index in [-0.39, 0.29) is 0 Å². The van der Waals surface area contributed by atoms with Crippen molar-refractivity contribution in [2.75, 3.05) is 13.1 Å². The van der Waals surface area contributed by atoms with E-state index < -0.39 is 5.67 Å². The van der Waals surface area contributed by atoms with E-state index in [0.717, 1.165) is 19.5 Å². The van der Waals surface area contributed by atoms with Gasteiger partial charge in [0.05, 0.1) is 6.20 Å². The average Bonchev–Trinajstić information content (AvgIpc) is 2.73. The van der Waals surface area contributed by atoms with Gasteiger partial charge in [-0.15, -0.1) is 0 Å². The maximum Gasteiger partial charge on any atom is 0.198 e. The average molecular weight is 198 g/mol. The molecule has 0 saturated carbocycles. The second kappa shape index (κ2) is 3.35. The van der Waals surface area contributed by atoms with Crippen molar-refractivity contribution in [3.05, 3.63) is 17.8 Å². The van der Waals surface area contributed by atoms with Gasteiger partial charge in [0.2, 0.25) is 0 Å². The highest BCUT2D eigenvalue weighted by Crippen LogP contribution is 2.29. The molecule has 1 saturated heterocycles. The summed E-state index contributed by atoms with van der Waals surface area (Å²) < 4.78 is 18.9. The molecular weight excluding hydrogens is 183 g/mol. The van der Waals surface area contributed by atoms with Gasteiger partial charge in [-0.25, -0.2) is 9.37 Å². The minimum atomic E-state index is -1.43. The van der Waals surface area contributed by atoms with E-state index >= 15 is 0 Å². The van der Waals surface area contributed by atoms with E-state index in [0.29, 0.717) is 17.6 Å². The fourth-order valence-corrected chi connectivity index (χ4v) is 1.62. The molecule has 14 heavy (non-hydrogen) atoms. The first kappa shape index (κ1) is 9.65. The Kier molecular flexibility index (Phi) is 2.31. The SMILES string of the molecule is CC(C)(F)c1cnc(C2CCNC2)o1. The molecule has 1 aromatic heterocycles. The van der Waals surface area contributed by atoms with E-state index in [2.05, 4.69) is 10.3 Å².